The molecule has 1 saturated heterocycles. The average molecular weight is 458 g/mol. The van der Waals surface area contributed by atoms with Crippen LogP contribution < -0.4 is 10.2 Å². The van der Waals surface area contributed by atoms with E-state index in [2.05, 4.69) is 20.2 Å². The van der Waals surface area contributed by atoms with Gasteiger partial charge in [-0.05, 0) is 56.4 Å². The zero-order chi connectivity index (χ0) is 23.1. The molecule has 0 saturated carbocycles. The van der Waals surface area contributed by atoms with Crippen molar-refractivity contribution in [2.75, 3.05) is 56.4 Å². The van der Waals surface area contributed by atoms with Crippen molar-refractivity contribution >= 4 is 35.0 Å². The third kappa shape index (κ3) is 6.43. The number of nitrogens with zero attached hydrogens (tertiary/aromatic N) is 4. The zero-order valence-electron chi connectivity index (χ0n) is 19.2. The Labute approximate surface area is 193 Å². The van der Waals surface area contributed by atoms with E-state index in [1.807, 2.05) is 44.4 Å². The van der Waals surface area contributed by atoms with Crippen molar-refractivity contribution in [1.82, 2.24) is 14.9 Å². The number of amides is 2. The highest BCUT2D eigenvalue weighted by Crippen LogP contribution is 2.19. The highest BCUT2D eigenvalue weighted by molar-refractivity contribution is 7.98. The molecule has 172 valence electrons. The first-order chi connectivity index (χ1) is 15.4. The topological polar surface area (TPSA) is 87.7 Å². The standard InChI is InChI=1S/C23H31N5O3S/c1-16-20(17(2)25-23(24-16)32-4)9-10-22(30)27(3)15-21(29)26-18-5-7-19(8-6-18)28-11-13-31-14-12-28/h5-8H,9-15H2,1-4H3,(H,26,29). The molecule has 1 fully saturated rings. The lowest BCUT2D eigenvalue weighted by molar-refractivity contribution is -0.133. The maximum Gasteiger partial charge on any atom is 0.243 e. The molecule has 3 rings (SSSR count). The normalized spacial score (nSPS) is 13.7. The van der Waals surface area contributed by atoms with Gasteiger partial charge in [-0.25, -0.2) is 9.97 Å². The molecule has 0 atom stereocenters. The molecule has 1 N–H and O–H groups in total. The lowest BCUT2D eigenvalue weighted by atomic mass is 10.1. The molecule has 2 amide bonds. The molecule has 2 aromatic rings. The average Bonchev–Trinajstić information content (AvgIpc) is 2.79. The van der Waals surface area contributed by atoms with Crippen LogP contribution in [-0.2, 0) is 20.7 Å². The van der Waals surface area contributed by atoms with Crippen LogP contribution in [0.25, 0.3) is 0 Å². The van der Waals surface area contributed by atoms with Gasteiger partial charge in [-0.1, -0.05) is 11.8 Å². The van der Waals surface area contributed by atoms with E-state index in [4.69, 9.17) is 4.74 Å². The summed E-state index contributed by atoms with van der Waals surface area (Å²) in [5.41, 5.74) is 4.62. The van der Waals surface area contributed by atoms with Crippen LogP contribution in [0.15, 0.2) is 29.4 Å². The summed E-state index contributed by atoms with van der Waals surface area (Å²) in [7, 11) is 1.65. The first kappa shape index (κ1) is 24.0. The van der Waals surface area contributed by atoms with E-state index in [0.29, 0.717) is 18.5 Å². The number of rotatable bonds is 8. The molecule has 1 aliphatic heterocycles. The number of hydrogen-bond acceptors (Lipinski definition) is 7. The number of hydrogen-bond donors (Lipinski definition) is 1. The summed E-state index contributed by atoms with van der Waals surface area (Å²) < 4.78 is 5.38. The van der Waals surface area contributed by atoms with Gasteiger partial charge in [-0.2, -0.15) is 0 Å². The monoisotopic (exact) mass is 457 g/mol. The number of benzene rings is 1. The second kappa shape index (κ2) is 11.3. The van der Waals surface area contributed by atoms with Crippen molar-refractivity contribution in [3.8, 4) is 0 Å². The maximum absolute atomic E-state index is 12.6. The third-order valence-corrected chi connectivity index (χ3v) is 6.05. The van der Waals surface area contributed by atoms with Gasteiger partial charge in [-0.15, -0.1) is 0 Å². The lowest BCUT2D eigenvalue weighted by Crippen LogP contribution is -2.36. The molecule has 0 radical (unpaired) electrons. The van der Waals surface area contributed by atoms with Crippen molar-refractivity contribution in [2.45, 2.75) is 31.8 Å². The second-order valence-corrected chi connectivity index (χ2v) is 8.58. The van der Waals surface area contributed by atoms with Gasteiger partial charge in [0, 0.05) is 49.3 Å². The fraction of sp³-hybridized carbons (Fsp3) is 0.478. The molecule has 2 heterocycles. The van der Waals surface area contributed by atoms with Crippen molar-refractivity contribution in [3.63, 3.8) is 0 Å². The summed E-state index contributed by atoms with van der Waals surface area (Å²) in [6.45, 7) is 7.08. The predicted molar refractivity (Wildman–Crippen MR) is 127 cm³/mol. The van der Waals surface area contributed by atoms with Gasteiger partial charge in [0.2, 0.25) is 11.8 Å². The number of carbonyl (C=O) groups is 2. The van der Waals surface area contributed by atoms with Gasteiger partial charge in [0.15, 0.2) is 5.16 Å². The molecule has 32 heavy (non-hydrogen) atoms. The molecule has 9 heteroatoms. The van der Waals surface area contributed by atoms with Crippen molar-refractivity contribution in [1.29, 1.82) is 0 Å². The summed E-state index contributed by atoms with van der Waals surface area (Å²) in [6.07, 6.45) is 2.80. The lowest BCUT2D eigenvalue weighted by Gasteiger charge is -2.28. The van der Waals surface area contributed by atoms with E-state index in [1.54, 1.807) is 7.05 Å². The van der Waals surface area contributed by atoms with Crippen molar-refractivity contribution in [2.24, 2.45) is 0 Å². The number of likely N-dealkylation sites (N-methyl/N-ethyl adjacent to an activating group) is 1. The van der Waals surface area contributed by atoms with Crippen LogP contribution in [0, 0.1) is 13.8 Å². The largest absolute Gasteiger partial charge is 0.378 e. The predicted octanol–water partition coefficient (Wildman–Crippen LogP) is 2.68. The molecule has 0 aliphatic carbocycles. The molecule has 0 unspecified atom stereocenters. The Balaban J connectivity index is 1.48. The van der Waals surface area contributed by atoms with Gasteiger partial charge >= 0.3 is 0 Å². The molecular weight excluding hydrogens is 426 g/mol. The van der Waals surface area contributed by atoms with Crippen LogP contribution in [0.4, 0.5) is 11.4 Å². The smallest absolute Gasteiger partial charge is 0.243 e. The summed E-state index contributed by atoms with van der Waals surface area (Å²) >= 11 is 1.50. The molecule has 0 bridgehead atoms. The second-order valence-electron chi connectivity index (χ2n) is 7.80. The van der Waals surface area contributed by atoms with Crippen molar-refractivity contribution in [3.05, 3.63) is 41.2 Å². The Morgan fingerprint density at radius 3 is 2.34 bits per heavy atom. The van der Waals surface area contributed by atoms with Gasteiger partial charge in [-0.3, -0.25) is 9.59 Å². The summed E-state index contributed by atoms with van der Waals surface area (Å²) in [6, 6.07) is 7.75. The number of anilines is 2. The highest BCUT2D eigenvalue weighted by atomic mass is 32.2. The minimum Gasteiger partial charge on any atom is -0.378 e. The minimum absolute atomic E-state index is 0.00389. The first-order valence-electron chi connectivity index (χ1n) is 10.7. The number of thioether (sulfide) groups is 1. The molecule has 1 aromatic heterocycles. The number of aryl methyl sites for hydroxylation is 2. The molecule has 0 spiro atoms. The van der Waals surface area contributed by atoms with Gasteiger partial charge < -0.3 is 19.9 Å². The summed E-state index contributed by atoms with van der Waals surface area (Å²) in [5.74, 6) is -0.310. The van der Waals surface area contributed by atoms with Gasteiger partial charge in [0.25, 0.3) is 0 Å². The highest BCUT2D eigenvalue weighted by Gasteiger charge is 2.16. The van der Waals surface area contributed by atoms with E-state index in [9.17, 15) is 9.59 Å². The Hall–Kier alpha value is -2.65. The molecular formula is C23H31N5O3S. The first-order valence-corrected chi connectivity index (χ1v) is 11.9. The number of ether oxygens (including phenoxy) is 1. The van der Waals surface area contributed by atoms with Crippen LogP contribution >= 0.6 is 11.8 Å². The molecule has 1 aromatic carbocycles. The van der Waals surface area contributed by atoms with Crippen molar-refractivity contribution < 1.29 is 14.3 Å². The third-order valence-electron chi connectivity index (χ3n) is 5.51. The minimum atomic E-state index is -0.222. The molecule has 8 nitrogen and oxygen atoms in total. The van der Waals surface area contributed by atoms with E-state index in [-0.39, 0.29) is 18.4 Å². The van der Waals surface area contributed by atoms with Crippen LogP contribution in [0.1, 0.15) is 23.4 Å². The van der Waals surface area contributed by atoms with E-state index >= 15 is 0 Å². The van der Waals surface area contributed by atoms with Crippen LogP contribution in [0.2, 0.25) is 0 Å². The zero-order valence-corrected chi connectivity index (χ0v) is 20.0. The Morgan fingerprint density at radius 1 is 1.12 bits per heavy atom. The van der Waals surface area contributed by atoms with E-state index in [1.165, 1.54) is 16.7 Å². The number of morpholine rings is 1. The van der Waals surface area contributed by atoms with Crippen LogP contribution in [0.3, 0.4) is 0 Å². The van der Waals surface area contributed by atoms with Crippen LogP contribution in [0.5, 0.6) is 0 Å². The van der Waals surface area contributed by atoms with E-state index in [0.717, 1.165) is 54.1 Å². The van der Waals surface area contributed by atoms with Crippen LogP contribution in [-0.4, -0.2) is 72.8 Å². The fourth-order valence-electron chi connectivity index (χ4n) is 3.67. The molecule has 1 aliphatic rings. The van der Waals surface area contributed by atoms with E-state index < -0.39 is 0 Å². The summed E-state index contributed by atoms with van der Waals surface area (Å²) in [5, 5.41) is 3.60. The number of carbonyl (C=O) groups excluding carboxylic acids is 2. The number of nitrogens with one attached hydrogen (secondary N) is 1. The SMILES string of the molecule is CSc1nc(C)c(CCC(=O)N(C)CC(=O)Nc2ccc(N3CCOCC3)cc2)c(C)n1. The van der Waals surface area contributed by atoms with Gasteiger partial charge in [0.05, 0.1) is 19.8 Å². The number of aromatic nitrogens is 2. The Morgan fingerprint density at radius 2 is 1.75 bits per heavy atom. The fourth-order valence-corrected chi connectivity index (χ4v) is 4.12. The summed E-state index contributed by atoms with van der Waals surface area (Å²) in [4.78, 5) is 37.6. The van der Waals surface area contributed by atoms with Gasteiger partial charge in [0.1, 0.15) is 0 Å². The Bertz CT molecular complexity index is 922. The maximum atomic E-state index is 12.6. The Kier molecular flexibility index (Phi) is 8.46. The quantitative estimate of drug-likeness (QED) is 0.482.